The number of nitrogens with zero attached hydrogens (tertiary/aromatic N) is 2. The molecule has 1 aromatic rings. The Bertz CT molecular complexity index is 434. The zero-order valence-electron chi connectivity index (χ0n) is 9.55. The first-order valence-corrected chi connectivity index (χ1v) is 5.35. The van der Waals surface area contributed by atoms with E-state index in [0.717, 1.165) is 0 Å². The van der Waals surface area contributed by atoms with Crippen molar-refractivity contribution in [1.82, 2.24) is 9.97 Å². The molecule has 2 rings (SSSR count). The number of aliphatic hydroxyl groups excluding tert-OH is 1. The van der Waals surface area contributed by atoms with Crippen LogP contribution in [0.25, 0.3) is 0 Å². The molecule has 1 atom stereocenters. The second kappa shape index (κ2) is 5.15. The van der Waals surface area contributed by atoms with E-state index >= 15 is 0 Å². The second-order valence-electron chi connectivity index (χ2n) is 3.71. The predicted octanol–water partition coefficient (Wildman–Crippen LogP) is -1.02. The number of methoxy groups -OCH3 is 1. The molecule has 1 fully saturated rings. The summed E-state index contributed by atoms with van der Waals surface area (Å²) >= 11 is 0. The number of morpholine rings is 1. The van der Waals surface area contributed by atoms with Crippen LogP contribution in [0, 0.1) is 0 Å². The summed E-state index contributed by atoms with van der Waals surface area (Å²) in [5.74, 6) is 0.670. The summed E-state index contributed by atoms with van der Waals surface area (Å²) < 4.78 is 10.4. The Morgan fingerprint density at radius 3 is 3.29 bits per heavy atom. The Balaban J connectivity index is 2.27. The van der Waals surface area contributed by atoms with Crippen LogP contribution in [-0.2, 0) is 4.74 Å². The maximum Gasteiger partial charge on any atom is 0.295 e. The molecular weight excluding hydrogens is 226 g/mol. The van der Waals surface area contributed by atoms with E-state index < -0.39 is 0 Å². The van der Waals surface area contributed by atoms with Crippen molar-refractivity contribution in [1.29, 1.82) is 0 Å². The molecule has 0 aliphatic carbocycles. The van der Waals surface area contributed by atoms with Crippen LogP contribution in [0.2, 0.25) is 0 Å². The molecular formula is C10H15N3O4. The lowest BCUT2D eigenvalue weighted by Gasteiger charge is -2.33. The lowest BCUT2D eigenvalue weighted by atomic mass is 10.3. The van der Waals surface area contributed by atoms with E-state index in [1.807, 2.05) is 4.90 Å². The van der Waals surface area contributed by atoms with E-state index in [1.165, 1.54) is 13.4 Å². The number of H-pyrrole nitrogens is 1. The first-order valence-electron chi connectivity index (χ1n) is 5.35. The summed E-state index contributed by atoms with van der Waals surface area (Å²) in [5, 5.41) is 9.07. The van der Waals surface area contributed by atoms with E-state index in [2.05, 4.69) is 9.97 Å². The minimum Gasteiger partial charge on any atom is -0.489 e. The molecule has 1 aromatic heterocycles. The van der Waals surface area contributed by atoms with Gasteiger partial charge in [-0.3, -0.25) is 4.79 Å². The predicted molar refractivity (Wildman–Crippen MR) is 60.4 cm³/mol. The van der Waals surface area contributed by atoms with Gasteiger partial charge in [0.15, 0.2) is 5.82 Å². The van der Waals surface area contributed by atoms with Gasteiger partial charge in [-0.05, 0) is 0 Å². The SMILES string of the molecule is COc1c(N2CCOC(CO)C2)nc[nH]c1=O. The molecule has 7 heteroatoms. The third kappa shape index (κ3) is 2.40. The van der Waals surface area contributed by atoms with Gasteiger partial charge in [0.25, 0.3) is 5.56 Å². The standard InChI is InChI=1S/C10H15N3O4/c1-16-8-9(11-6-12-10(8)15)13-2-3-17-7(4-13)5-14/h6-7,14H,2-5H2,1H3,(H,11,12,15). The van der Waals surface area contributed by atoms with E-state index in [9.17, 15) is 4.79 Å². The number of anilines is 1. The molecule has 0 aromatic carbocycles. The Morgan fingerprint density at radius 1 is 1.76 bits per heavy atom. The van der Waals surface area contributed by atoms with Crippen molar-refractivity contribution in [3.8, 4) is 5.75 Å². The van der Waals surface area contributed by atoms with Crippen LogP contribution >= 0.6 is 0 Å². The first kappa shape index (κ1) is 11.9. The van der Waals surface area contributed by atoms with Gasteiger partial charge < -0.3 is 24.5 Å². The average Bonchev–Trinajstić information content (AvgIpc) is 2.38. The maximum absolute atomic E-state index is 11.5. The highest BCUT2D eigenvalue weighted by Gasteiger charge is 2.24. The molecule has 7 nitrogen and oxygen atoms in total. The van der Waals surface area contributed by atoms with Crippen LogP contribution in [0.4, 0.5) is 5.82 Å². The van der Waals surface area contributed by atoms with Crippen molar-refractivity contribution in [3.63, 3.8) is 0 Å². The van der Waals surface area contributed by atoms with Crippen molar-refractivity contribution in [2.75, 3.05) is 38.3 Å². The third-order valence-electron chi connectivity index (χ3n) is 2.64. The monoisotopic (exact) mass is 241 g/mol. The summed E-state index contributed by atoms with van der Waals surface area (Å²) in [6, 6.07) is 0. The van der Waals surface area contributed by atoms with E-state index in [-0.39, 0.29) is 24.0 Å². The minimum absolute atomic E-state index is 0.0536. The van der Waals surface area contributed by atoms with Crippen molar-refractivity contribution < 1.29 is 14.6 Å². The number of aromatic amines is 1. The fraction of sp³-hybridized carbons (Fsp3) is 0.600. The molecule has 2 heterocycles. The molecule has 1 aliphatic heterocycles. The van der Waals surface area contributed by atoms with Gasteiger partial charge in [-0.25, -0.2) is 4.98 Å². The highest BCUT2D eigenvalue weighted by molar-refractivity contribution is 5.51. The van der Waals surface area contributed by atoms with Gasteiger partial charge in [-0.2, -0.15) is 0 Å². The van der Waals surface area contributed by atoms with Gasteiger partial charge >= 0.3 is 0 Å². The topological polar surface area (TPSA) is 87.7 Å². The van der Waals surface area contributed by atoms with E-state index in [0.29, 0.717) is 25.5 Å². The van der Waals surface area contributed by atoms with Gasteiger partial charge in [-0.1, -0.05) is 0 Å². The highest BCUT2D eigenvalue weighted by atomic mass is 16.5. The largest absolute Gasteiger partial charge is 0.489 e. The molecule has 1 aliphatic rings. The Kier molecular flexibility index (Phi) is 3.60. The van der Waals surface area contributed by atoms with E-state index in [4.69, 9.17) is 14.6 Å². The first-order chi connectivity index (χ1) is 8.26. The van der Waals surface area contributed by atoms with Crippen molar-refractivity contribution >= 4 is 5.82 Å². The number of hydrogen-bond donors (Lipinski definition) is 2. The molecule has 0 amide bonds. The summed E-state index contributed by atoms with van der Waals surface area (Å²) in [7, 11) is 1.43. The van der Waals surface area contributed by atoms with Crippen molar-refractivity contribution in [3.05, 3.63) is 16.7 Å². The number of aliphatic hydroxyl groups is 1. The zero-order valence-corrected chi connectivity index (χ0v) is 9.55. The fourth-order valence-electron chi connectivity index (χ4n) is 1.81. The molecule has 2 N–H and O–H groups in total. The van der Waals surface area contributed by atoms with Gasteiger partial charge in [0.1, 0.15) is 0 Å². The summed E-state index contributed by atoms with van der Waals surface area (Å²) in [6.45, 7) is 1.54. The third-order valence-corrected chi connectivity index (χ3v) is 2.64. The Morgan fingerprint density at radius 2 is 2.59 bits per heavy atom. The number of hydrogen-bond acceptors (Lipinski definition) is 6. The van der Waals surface area contributed by atoms with Crippen molar-refractivity contribution in [2.24, 2.45) is 0 Å². The summed E-state index contributed by atoms with van der Waals surface area (Å²) in [6.07, 6.45) is 1.08. The fourth-order valence-corrected chi connectivity index (χ4v) is 1.81. The Labute approximate surface area is 98.0 Å². The lowest BCUT2D eigenvalue weighted by molar-refractivity contribution is 0.00323. The molecule has 1 saturated heterocycles. The van der Waals surface area contributed by atoms with Gasteiger partial charge in [0.05, 0.1) is 32.8 Å². The van der Waals surface area contributed by atoms with Crippen LogP contribution < -0.4 is 15.2 Å². The molecule has 17 heavy (non-hydrogen) atoms. The smallest absolute Gasteiger partial charge is 0.295 e. The molecule has 0 saturated carbocycles. The van der Waals surface area contributed by atoms with Crippen LogP contribution in [0.3, 0.4) is 0 Å². The lowest BCUT2D eigenvalue weighted by Crippen LogP contribution is -2.45. The highest BCUT2D eigenvalue weighted by Crippen LogP contribution is 2.22. The number of nitrogens with one attached hydrogen (secondary N) is 1. The average molecular weight is 241 g/mol. The zero-order chi connectivity index (χ0) is 12.3. The van der Waals surface area contributed by atoms with Gasteiger partial charge in [0.2, 0.25) is 5.75 Å². The number of aromatic nitrogens is 2. The molecule has 0 spiro atoms. The van der Waals surface area contributed by atoms with Crippen LogP contribution in [0.1, 0.15) is 0 Å². The molecule has 1 unspecified atom stereocenters. The quantitative estimate of drug-likeness (QED) is 0.704. The van der Waals surface area contributed by atoms with Gasteiger partial charge in [-0.15, -0.1) is 0 Å². The van der Waals surface area contributed by atoms with Crippen LogP contribution in [-0.4, -0.2) is 54.6 Å². The van der Waals surface area contributed by atoms with Crippen molar-refractivity contribution in [2.45, 2.75) is 6.10 Å². The second-order valence-corrected chi connectivity index (χ2v) is 3.71. The van der Waals surface area contributed by atoms with Crippen LogP contribution in [0.15, 0.2) is 11.1 Å². The molecule has 0 bridgehead atoms. The normalized spacial score (nSPS) is 20.4. The van der Waals surface area contributed by atoms with Crippen LogP contribution in [0.5, 0.6) is 5.75 Å². The summed E-state index contributed by atoms with van der Waals surface area (Å²) in [4.78, 5) is 20.0. The number of rotatable bonds is 3. The maximum atomic E-state index is 11.5. The Hall–Kier alpha value is -1.60. The minimum atomic E-state index is -0.315. The number of ether oxygens (including phenoxy) is 2. The molecule has 94 valence electrons. The summed E-state index contributed by atoms with van der Waals surface area (Å²) in [5.41, 5.74) is -0.315. The van der Waals surface area contributed by atoms with Gasteiger partial charge in [0, 0.05) is 13.1 Å². The van der Waals surface area contributed by atoms with E-state index in [1.54, 1.807) is 0 Å². The molecule has 0 radical (unpaired) electrons.